The van der Waals surface area contributed by atoms with Gasteiger partial charge in [0.05, 0.1) is 23.0 Å². The van der Waals surface area contributed by atoms with Crippen molar-refractivity contribution in [3.05, 3.63) is 0 Å². The summed E-state index contributed by atoms with van der Waals surface area (Å²) in [5.74, 6) is 0.224. The molecule has 0 radical (unpaired) electrons. The highest BCUT2D eigenvalue weighted by atomic mass is 32.2. The van der Waals surface area contributed by atoms with Crippen molar-refractivity contribution in [3.63, 3.8) is 0 Å². The summed E-state index contributed by atoms with van der Waals surface area (Å²) < 4.78 is 23.0. The summed E-state index contributed by atoms with van der Waals surface area (Å²) in [6.45, 7) is 4.63. The molecule has 2 rings (SSSR count). The Labute approximate surface area is 109 Å². The van der Waals surface area contributed by atoms with Crippen LogP contribution in [0, 0.1) is 5.92 Å². The van der Waals surface area contributed by atoms with Gasteiger partial charge in [0.2, 0.25) is 5.91 Å². The van der Waals surface area contributed by atoms with Gasteiger partial charge in [0.1, 0.15) is 0 Å². The van der Waals surface area contributed by atoms with Gasteiger partial charge in [0.25, 0.3) is 0 Å². The Kier molecular flexibility index (Phi) is 3.69. The molecule has 3 unspecified atom stereocenters. The molecule has 18 heavy (non-hydrogen) atoms. The third-order valence-corrected chi connectivity index (χ3v) is 5.86. The third-order valence-electron chi connectivity index (χ3n) is 3.96. The van der Waals surface area contributed by atoms with Gasteiger partial charge in [-0.1, -0.05) is 0 Å². The molecule has 104 valence electrons. The number of carbonyl (C=O) groups excluding carboxylic acids is 1. The fourth-order valence-corrected chi connectivity index (χ4v) is 4.82. The van der Waals surface area contributed by atoms with Crippen molar-refractivity contribution in [2.24, 2.45) is 5.92 Å². The van der Waals surface area contributed by atoms with Gasteiger partial charge in [-0.05, 0) is 33.1 Å². The van der Waals surface area contributed by atoms with Gasteiger partial charge in [0, 0.05) is 12.6 Å². The standard InChI is InChI=1S/C12H22N2O3S/c1-9-3-4-10(7-13-9)11(15)14-12(2)5-6-18(16,17)8-12/h9-10,13H,3-8H2,1-2H3,(H,14,15). The minimum absolute atomic E-state index is 0.00556. The SMILES string of the molecule is CC1CCC(C(=O)NC2(C)CCS(=O)(=O)C2)CN1. The third kappa shape index (κ3) is 3.23. The minimum atomic E-state index is -2.97. The van der Waals surface area contributed by atoms with Crippen molar-refractivity contribution in [3.8, 4) is 0 Å². The molecule has 6 heteroatoms. The van der Waals surface area contributed by atoms with Gasteiger partial charge >= 0.3 is 0 Å². The zero-order valence-electron chi connectivity index (χ0n) is 11.0. The first-order chi connectivity index (χ1) is 8.30. The van der Waals surface area contributed by atoms with Gasteiger partial charge in [0.15, 0.2) is 9.84 Å². The van der Waals surface area contributed by atoms with Crippen molar-refractivity contribution < 1.29 is 13.2 Å². The highest BCUT2D eigenvalue weighted by Gasteiger charge is 2.40. The normalized spacial score (nSPS) is 39.4. The highest BCUT2D eigenvalue weighted by Crippen LogP contribution is 2.24. The largest absolute Gasteiger partial charge is 0.350 e. The fourth-order valence-electron chi connectivity index (χ4n) is 2.73. The Morgan fingerprint density at radius 2 is 2.11 bits per heavy atom. The molecule has 2 N–H and O–H groups in total. The summed E-state index contributed by atoms with van der Waals surface area (Å²) >= 11 is 0. The van der Waals surface area contributed by atoms with Crippen molar-refractivity contribution in [2.75, 3.05) is 18.1 Å². The Hall–Kier alpha value is -0.620. The zero-order chi connectivity index (χ0) is 13.4. The van der Waals surface area contributed by atoms with Crippen molar-refractivity contribution >= 4 is 15.7 Å². The van der Waals surface area contributed by atoms with E-state index in [-0.39, 0.29) is 23.3 Å². The van der Waals surface area contributed by atoms with Gasteiger partial charge in [-0.15, -0.1) is 0 Å². The van der Waals surface area contributed by atoms with Gasteiger partial charge in [-0.2, -0.15) is 0 Å². The maximum atomic E-state index is 12.1. The number of rotatable bonds is 2. The fraction of sp³-hybridized carbons (Fsp3) is 0.917. The molecule has 2 heterocycles. The Morgan fingerprint density at radius 3 is 2.61 bits per heavy atom. The molecule has 0 spiro atoms. The maximum Gasteiger partial charge on any atom is 0.224 e. The lowest BCUT2D eigenvalue weighted by Crippen LogP contribution is -2.52. The van der Waals surface area contributed by atoms with Crippen LogP contribution >= 0.6 is 0 Å². The second kappa shape index (κ2) is 4.81. The second-order valence-electron chi connectivity index (χ2n) is 5.98. The summed E-state index contributed by atoms with van der Waals surface area (Å²) in [4.78, 5) is 12.1. The van der Waals surface area contributed by atoms with E-state index < -0.39 is 15.4 Å². The minimum Gasteiger partial charge on any atom is -0.350 e. The van der Waals surface area contributed by atoms with Crippen LogP contribution in [0.3, 0.4) is 0 Å². The lowest BCUT2D eigenvalue weighted by atomic mass is 9.93. The summed E-state index contributed by atoms with van der Waals surface area (Å²) in [5.41, 5.74) is -0.570. The number of sulfone groups is 1. The summed E-state index contributed by atoms with van der Waals surface area (Å²) in [6.07, 6.45) is 2.40. The molecular weight excluding hydrogens is 252 g/mol. The number of nitrogens with one attached hydrogen (secondary N) is 2. The number of hydrogen-bond acceptors (Lipinski definition) is 4. The average molecular weight is 274 g/mol. The van der Waals surface area contributed by atoms with E-state index in [0.717, 1.165) is 12.8 Å². The number of amides is 1. The van der Waals surface area contributed by atoms with E-state index >= 15 is 0 Å². The Balaban J connectivity index is 1.92. The average Bonchev–Trinajstić information content (AvgIpc) is 2.53. The van der Waals surface area contributed by atoms with E-state index in [1.807, 2.05) is 6.92 Å². The summed E-state index contributed by atoms with van der Waals surface area (Å²) in [5, 5.41) is 6.22. The van der Waals surface area contributed by atoms with E-state index in [4.69, 9.17) is 0 Å². The van der Waals surface area contributed by atoms with Gasteiger partial charge in [-0.25, -0.2) is 8.42 Å². The number of carbonyl (C=O) groups is 1. The van der Waals surface area contributed by atoms with Crippen molar-refractivity contribution in [2.45, 2.75) is 44.7 Å². The van der Waals surface area contributed by atoms with Crippen LogP contribution in [0.2, 0.25) is 0 Å². The van der Waals surface area contributed by atoms with Crippen molar-refractivity contribution in [1.82, 2.24) is 10.6 Å². The summed E-state index contributed by atoms with van der Waals surface area (Å²) in [7, 11) is -2.97. The molecular formula is C12H22N2O3S. The molecule has 0 aromatic carbocycles. The molecule has 0 aromatic heterocycles. The predicted molar refractivity (Wildman–Crippen MR) is 70.0 cm³/mol. The number of hydrogen-bond donors (Lipinski definition) is 2. The quantitative estimate of drug-likeness (QED) is 0.747. The molecule has 0 aromatic rings. The summed E-state index contributed by atoms with van der Waals surface area (Å²) in [6, 6.07) is 0.469. The lowest BCUT2D eigenvalue weighted by molar-refractivity contribution is -0.127. The van der Waals surface area contributed by atoms with Crippen LogP contribution in [0.4, 0.5) is 0 Å². The van der Waals surface area contributed by atoms with Crippen LogP contribution in [0.5, 0.6) is 0 Å². The van der Waals surface area contributed by atoms with E-state index in [9.17, 15) is 13.2 Å². The van der Waals surface area contributed by atoms with E-state index in [1.54, 1.807) is 0 Å². The van der Waals surface area contributed by atoms with Gasteiger partial charge < -0.3 is 10.6 Å². The van der Waals surface area contributed by atoms with Crippen LogP contribution in [0.25, 0.3) is 0 Å². The first-order valence-corrected chi connectivity index (χ1v) is 8.38. The zero-order valence-corrected chi connectivity index (χ0v) is 11.8. The molecule has 1 amide bonds. The van der Waals surface area contributed by atoms with E-state index in [1.165, 1.54) is 0 Å². The molecule has 2 fully saturated rings. The van der Waals surface area contributed by atoms with Crippen LogP contribution in [-0.4, -0.2) is 44.0 Å². The monoisotopic (exact) mass is 274 g/mol. The first-order valence-electron chi connectivity index (χ1n) is 6.55. The molecule has 0 saturated carbocycles. The Bertz CT molecular complexity index is 427. The maximum absolute atomic E-state index is 12.1. The predicted octanol–water partition coefficient (Wildman–Crippen LogP) is 0.0679. The molecule has 2 saturated heterocycles. The van der Waals surface area contributed by atoms with Crippen molar-refractivity contribution in [1.29, 1.82) is 0 Å². The van der Waals surface area contributed by atoms with Gasteiger partial charge in [-0.3, -0.25) is 4.79 Å². The molecule has 3 atom stereocenters. The van der Waals surface area contributed by atoms with Crippen LogP contribution in [0.15, 0.2) is 0 Å². The first kappa shape index (κ1) is 13.8. The molecule has 0 bridgehead atoms. The molecule has 2 aliphatic heterocycles. The second-order valence-corrected chi connectivity index (χ2v) is 8.16. The van der Waals surface area contributed by atoms with E-state index in [2.05, 4.69) is 17.6 Å². The van der Waals surface area contributed by atoms with Crippen LogP contribution < -0.4 is 10.6 Å². The lowest BCUT2D eigenvalue weighted by Gasteiger charge is -2.31. The van der Waals surface area contributed by atoms with Crippen LogP contribution in [0.1, 0.15) is 33.1 Å². The number of piperidine rings is 1. The topological polar surface area (TPSA) is 75.3 Å². The van der Waals surface area contributed by atoms with Crippen LogP contribution in [-0.2, 0) is 14.6 Å². The molecule has 2 aliphatic rings. The van der Waals surface area contributed by atoms with E-state index in [0.29, 0.717) is 19.0 Å². The smallest absolute Gasteiger partial charge is 0.224 e. The Morgan fingerprint density at radius 1 is 1.39 bits per heavy atom. The molecule has 5 nitrogen and oxygen atoms in total. The molecule has 0 aliphatic carbocycles. The highest BCUT2D eigenvalue weighted by molar-refractivity contribution is 7.91.